The van der Waals surface area contributed by atoms with Gasteiger partial charge < -0.3 is 5.11 Å². The number of hydrogen-bond donors (Lipinski definition) is 1. The molecule has 1 heterocycles. The standard InChI is InChI=1S/C13H16ClNO3S/c14-12-4-2-10(8-16)6-13(12)19(17,18)15-7-9-1-3-11(15)5-9/h2,4,6,9,11,16H,1,3,5,7-8H2. The van der Waals surface area contributed by atoms with Crippen molar-refractivity contribution >= 4 is 21.6 Å². The second-order valence-electron chi connectivity index (χ2n) is 5.33. The van der Waals surface area contributed by atoms with Crippen LogP contribution in [0.25, 0.3) is 0 Å². The molecule has 0 aromatic heterocycles. The lowest BCUT2D eigenvalue weighted by atomic mass is 10.1. The Kier molecular flexibility index (Phi) is 3.33. The third-order valence-corrected chi connectivity index (χ3v) is 6.52. The molecule has 2 fully saturated rings. The maximum atomic E-state index is 12.7. The Hall–Kier alpha value is -0.620. The molecule has 1 aliphatic heterocycles. The van der Waals surface area contributed by atoms with Gasteiger partial charge in [-0.2, -0.15) is 4.31 Å². The number of hydrogen-bond acceptors (Lipinski definition) is 3. The van der Waals surface area contributed by atoms with Crippen LogP contribution in [-0.2, 0) is 16.6 Å². The van der Waals surface area contributed by atoms with Crippen LogP contribution < -0.4 is 0 Å². The number of fused-ring (bicyclic) bond motifs is 2. The van der Waals surface area contributed by atoms with E-state index in [9.17, 15) is 8.42 Å². The van der Waals surface area contributed by atoms with E-state index in [0.717, 1.165) is 19.3 Å². The van der Waals surface area contributed by atoms with Crippen LogP contribution in [0.2, 0.25) is 5.02 Å². The third-order valence-electron chi connectivity index (χ3n) is 4.12. The molecule has 19 heavy (non-hydrogen) atoms. The van der Waals surface area contributed by atoms with Crippen LogP contribution in [0.1, 0.15) is 24.8 Å². The molecule has 1 aromatic carbocycles. The van der Waals surface area contributed by atoms with Crippen molar-refractivity contribution in [3.63, 3.8) is 0 Å². The van der Waals surface area contributed by atoms with Gasteiger partial charge in [-0.15, -0.1) is 0 Å². The molecule has 2 unspecified atom stereocenters. The number of halogens is 1. The molecule has 104 valence electrons. The molecule has 3 rings (SSSR count). The van der Waals surface area contributed by atoms with E-state index in [1.807, 2.05) is 0 Å². The van der Waals surface area contributed by atoms with Crippen LogP contribution in [0.3, 0.4) is 0 Å². The van der Waals surface area contributed by atoms with Gasteiger partial charge in [0, 0.05) is 12.6 Å². The summed E-state index contributed by atoms with van der Waals surface area (Å²) in [4.78, 5) is 0.119. The predicted molar refractivity (Wildman–Crippen MR) is 72.4 cm³/mol. The van der Waals surface area contributed by atoms with Gasteiger partial charge in [-0.25, -0.2) is 8.42 Å². The molecule has 0 amide bonds. The average molecular weight is 302 g/mol. The summed E-state index contributed by atoms with van der Waals surface area (Å²) in [6.45, 7) is 0.415. The van der Waals surface area contributed by atoms with E-state index >= 15 is 0 Å². The van der Waals surface area contributed by atoms with Crippen molar-refractivity contribution in [1.82, 2.24) is 4.31 Å². The Labute approximate surface area is 118 Å². The summed E-state index contributed by atoms with van der Waals surface area (Å²) in [5.74, 6) is 0.500. The van der Waals surface area contributed by atoms with E-state index in [-0.39, 0.29) is 22.6 Å². The van der Waals surface area contributed by atoms with E-state index in [4.69, 9.17) is 16.7 Å². The molecule has 1 saturated heterocycles. The highest BCUT2D eigenvalue weighted by atomic mass is 35.5. The van der Waals surface area contributed by atoms with Gasteiger partial charge in [0.25, 0.3) is 0 Å². The highest BCUT2D eigenvalue weighted by Gasteiger charge is 2.44. The van der Waals surface area contributed by atoms with Crippen molar-refractivity contribution in [2.24, 2.45) is 5.92 Å². The van der Waals surface area contributed by atoms with Gasteiger partial charge in [0.15, 0.2) is 0 Å². The fraction of sp³-hybridized carbons (Fsp3) is 0.538. The van der Waals surface area contributed by atoms with E-state index in [1.165, 1.54) is 12.1 Å². The lowest BCUT2D eigenvalue weighted by Crippen LogP contribution is -2.37. The highest BCUT2D eigenvalue weighted by molar-refractivity contribution is 7.89. The van der Waals surface area contributed by atoms with E-state index < -0.39 is 10.0 Å². The first kappa shape index (κ1) is 13.4. The zero-order valence-electron chi connectivity index (χ0n) is 10.4. The summed E-state index contributed by atoms with van der Waals surface area (Å²) < 4.78 is 26.9. The first-order valence-corrected chi connectivity index (χ1v) is 8.25. The van der Waals surface area contributed by atoms with E-state index in [1.54, 1.807) is 10.4 Å². The molecule has 1 aliphatic carbocycles. The largest absolute Gasteiger partial charge is 0.392 e. The van der Waals surface area contributed by atoms with Crippen LogP contribution in [0.15, 0.2) is 23.1 Å². The van der Waals surface area contributed by atoms with Gasteiger partial charge in [-0.1, -0.05) is 17.7 Å². The van der Waals surface area contributed by atoms with Crippen LogP contribution in [0, 0.1) is 5.92 Å². The van der Waals surface area contributed by atoms with Gasteiger partial charge >= 0.3 is 0 Å². The molecule has 2 atom stereocenters. The highest BCUT2D eigenvalue weighted by Crippen LogP contribution is 2.41. The van der Waals surface area contributed by atoms with E-state index in [2.05, 4.69) is 0 Å². The minimum absolute atomic E-state index is 0.119. The Morgan fingerprint density at radius 1 is 1.37 bits per heavy atom. The molecular formula is C13H16ClNO3S. The first-order chi connectivity index (χ1) is 9.02. The molecule has 1 N–H and O–H groups in total. The number of nitrogens with zero attached hydrogens (tertiary/aromatic N) is 1. The SMILES string of the molecule is O=S(=O)(c1cc(CO)ccc1Cl)N1CC2CCC1C2. The quantitative estimate of drug-likeness (QED) is 0.929. The fourth-order valence-electron chi connectivity index (χ4n) is 3.14. The van der Waals surface area contributed by atoms with Gasteiger partial charge in [-0.3, -0.25) is 0 Å². The monoisotopic (exact) mass is 301 g/mol. The predicted octanol–water partition coefficient (Wildman–Crippen LogP) is 2.01. The average Bonchev–Trinajstić information content (AvgIpc) is 3.01. The molecule has 0 radical (unpaired) electrons. The molecule has 2 bridgehead atoms. The lowest BCUT2D eigenvalue weighted by molar-refractivity contribution is 0.281. The van der Waals surface area contributed by atoms with Crippen molar-refractivity contribution in [3.05, 3.63) is 28.8 Å². The number of sulfonamides is 1. The van der Waals surface area contributed by atoms with Gasteiger partial charge in [-0.05, 0) is 42.9 Å². The van der Waals surface area contributed by atoms with Gasteiger partial charge in [0.1, 0.15) is 4.90 Å². The lowest BCUT2D eigenvalue weighted by Gasteiger charge is -2.26. The van der Waals surface area contributed by atoms with Crippen molar-refractivity contribution in [2.75, 3.05) is 6.54 Å². The topological polar surface area (TPSA) is 57.6 Å². The molecule has 2 aliphatic rings. The summed E-state index contributed by atoms with van der Waals surface area (Å²) in [5.41, 5.74) is 0.562. The normalized spacial score (nSPS) is 27.1. The fourth-order valence-corrected chi connectivity index (χ4v) is 5.41. The molecular weight excluding hydrogens is 286 g/mol. The summed E-state index contributed by atoms with van der Waals surface area (Å²) in [5, 5.41) is 9.36. The van der Waals surface area contributed by atoms with Crippen LogP contribution in [-0.4, -0.2) is 30.4 Å². The smallest absolute Gasteiger partial charge is 0.244 e. The molecule has 4 nitrogen and oxygen atoms in total. The van der Waals surface area contributed by atoms with Crippen LogP contribution in [0.4, 0.5) is 0 Å². The Morgan fingerprint density at radius 3 is 2.74 bits per heavy atom. The molecule has 0 spiro atoms. The first-order valence-electron chi connectivity index (χ1n) is 6.43. The maximum absolute atomic E-state index is 12.7. The minimum Gasteiger partial charge on any atom is -0.392 e. The Balaban J connectivity index is 2.00. The molecule has 6 heteroatoms. The van der Waals surface area contributed by atoms with Crippen molar-refractivity contribution < 1.29 is 13.5 Å². The number of piperidine rings is 1. The van der Waals surface area contributed by atoms with Crippen molar-refractivity contribution in [2.45, 2.75) is 36.8 Å². The Bertz CT molecular complexity index is 602. The molecule has 1 aromatic rings. The zero-order chi connectivity index (χ0) is 13.6. The number of aliphatic hydroxyl groups is 1. The summed E-state index contributed by atoms with van der Waals surface area (Å²) >= 11 is 6.03. The third kappa shape index (κ3) is 2.18. The summed E-state index contributed by atoms with van der Waals surface area (Å²) in [6.07, 6.45) is 3.04. The van der Waals surface area contributed by atoms with Crippen molar-refractivity contribution in [1.29, 1.82) is 0 Å². The van der Waals surface area contributed by atoms with Crippen LogP contribution in [0.5, 0.6) is 0 Å². The second-order valence-corrected chi connectivity index (χ2v) is 7.60. The number of benzene rings is 1. The summed E-state index contributed by atoms with van der Waals surface area (Å²) in [7, 11) is -3.54. The van der Waals surface area contributed by atoms with Gasteiger partial charge in [0.2, 0.25) is 10.0 Å². The second kappa shape index (κ2) is 4.74. The number of rotatable bonds is 3. The molecule has 1 saturated carbocycles. The van der Waals surface area contributed by atoms with Crippen LogP contribution >= 0.6 is 11.6 Å². The van der Waals surface area contributed by atoms with E-state index in [0.29, 0.717) is 18.0 Å². The Morgan fingerprint density at radius 2 is 2.16 bits per heavy atom. The van der Waals surface area contributed by atoms with Crippen molar-refractivity contribution in [3.8, 4) is 0 Å². The zero-order valence-corrected chi connectivity index (χ0v) is 12.0. The summed E-state index contributed by atoms with van der Waals surface area (Å²) in [6, 6.07) is 4.78. The maximum Gasteiger partial charge on any atom is 0.244 e. The minimum atomic E-state index is -3.54. The van der Waals surface area contributed by atoms with Gasteiger partial charge in [0.05, 0.1) is 11.6 Å². The number of aliphatic hydroxyl groups excluding tert-OH is 1.